The molecule has 0 aliphatic carbocycles. The zero-order chi connectivity index (χ0) is 27.7. The first kappa shape index (κ1) is 28.1. The van der Waals surface area contributed by atoms with Crippen LogP contribution in [0.2, 0.25) is 0 Å². The number of ether oxygens (including phenoxy) is 1. The number of hydrogen-bond acceptors (Lipinski definition) is 6. The van der Waals surface area contributed by atoms with E-state index in [0.717, 1.165) is 34.8 Å². The minimum atomic E-state index is -4.75. The molecule has 38 heavy (non-hydrogen) atoms. The zero-order valence-corrected chi connectivity index (χ0v) is 20.6. The number of benzene rings is 1. The molecule has 8 nitrogen and oxygen atoms in total. The number of halogens is 6. The van der Waals surface area contributed by atoms with E-state index in [4.69, 9.17) is 0 Å². The maximum Gasteiger partial charge on any atom is 0.522 e. The lowest BCUT2D eigenvalue weighted by Crippen LogP contribution is -2.45. The van der Waals surface area contributed by atoms with Crippen molar-refractivity contribution in [3.63, 3.8) is 0 Å². The summed E-state index contributed by atoms with van der Waals surface area (Å²) in [4.78, 5) is 18.0. The molecule has 0 spiro atoms. The third kappa shape index (κ3) is 6.56. The summed E-state index contributed by atoms with van der Waals surface area (Å²) in [5.41, 5.74) is 0.283. The van der Waals surface area contributed by atoms with Crippen LogP contribution in [0.1, 0.15) is 26.4 Å². The minimum absolute atomic E-state index is 0. The van der Waals surface area contributed by atoms with Gasteiger partial charge in [0.2, 0.25) is 15.9 Å². The van der Waals surface area contributed by atoms with Crippen molar-refractivity contribution in [1.82, 2.24) is 14.6 Å². The van der Waals surface area contributed by atoms with Crippen LogP contribution in [0, 0.1) is 11.6 Å². The summed E-state index contributed by atoms with van der Waals surface area (Å²) in [6.45, 7) is -0.588. The molecule has 15 heteroatoms. The van der Waals surface area contributed by atoms with Gasteiger partial charge in [-0.25, -0.2) is 21.6 Å². The Morgan fingerprint density at radius 3 is 2.45 bits per heavy atom. The monoisotopic (exact) mass is 568 g/mol. The van der Waals surface area contributed by atoms with Crippen LogP contribution in [-0.4, -0.2) is 67.9 Å². The molecule has 0 bridgehead atoms. The number of sulfonamides is 1. The second-order valence-corrected chi connectivity index (χ2v) is 10.9. The minimum Gasteiger partial charge on any atom is -0.369 e. The molecular formula is C23H26F6N4O4S. The fraction of sp³-hybridized carbons (Fsp3) is 0.478. The van der Waals surface area contributed by atoms with Gasteiger partial charge >= 0.3 is 6.36 Å². The van der Waals surface area contributed by atoms with E-state index < -0.39 is 58.8 Å². The molecule has 2 atom stereocenters. The number of piperidine rings is 1. The number of carbonyl (C=O) groups excluding carboxylic acids is 1. The number of carbonyl (C=O) groups is 1. The molecule has 2 aliphatic heterocycles. The van der Waals surface area contributed by atoms with Gasteiger partial charge in [-0.2, -0.15) is 4.31 Å². The van der Waals surface area contributed by atoms with Crippen molar-refractivity contribution in [3.05, 3.63) is 53.9 Å². The van der Waals surface area contributed by atoms with Crippen LogP contribution in [0.4, 0.5) is 32.0 Å². The van der Waals surface area contributed by atoms with E-state index in [0.29, 0.717) is 0 Å². The average Bonchev–Trinajstić information content (AvgIpc) is 3.26. The van der Waals surface area contributed by atoms with Crippen LogP contribution in [-0.2, 0) is 26.1 Å². The first-order valence-corrected chi connectivity index (χ1v) is 13.1. The van der Waals surface area contributed by atoms with Crippen molar-refractivity contribution < 1.29 is 45.7 Å². The van der Waals surface area contributed by atoms with Gasteiger partial charge in [0.25, 0.3) is 0 Å². The summed E-state index contributed by atoms with van der Waals surface area (Å²) >= 11 is 0. The zero-order valence-electron chi connectivity index (χ0n) is 19.8. The molecule has 1 N–H and O–H groups in total. The van der Waals surface area contributed by atoms with Crippen LogP contribution < -0.4 is 10.2 Å². The first-order valence-electron chi connectivity index (χ1n) is 11.7. The van der Waals surface area contributed by atoms with Crippen molar-refractivity contribution in [2.75, 3.05) is 24.5 Å². The number of rotatable bonds is 7. The van der Waals surface area contributed by atoms with Crippen molar-refractivity contribution in [3.8, 4) is 0 Å². The van der Waals surface area contributed by atoms with Gasteiger partial charge in [0.15, 0.2) is 5.82 Å². The highest BCUT2D eigenvalue weighted by Gasteiger charge is 2.44. The van der Waals surface area contributed by atoms with Gasteiger partial charge in [0.05, 0.1) is 35.1 Å². The Labute approximate surface area is 216 Å². The molecule has 210 valence electrons. The molecule has 4 rings (SSSR count). The van der Waals surface area contributed by atoms with E-state index in [1.807, 2.05) is 0 Å². The number of aromatic nitrogens is 1. The quantitative estimate of drug-likeness (QED) is 0.514. The molecule has 0 radical (unpaired) electrons. The fourth-order valence-corrected chi connectivity index (χ4v) is 6.14. The molecule has 1 aromatic heterocycles. The number of nitrogens with one attached hydrogen (secondary N) is 1. The lowest BCUT2D eigenvalue weighted by molar-refractivity contribution is -0.344. The predicted molar refractivity (Wildman–Crippen MR) is 124 cm³/mol. The number of alkyl halides is 4. The summed E-state index contributed by atoms with van der Waals surface area (Å²) in [6, 6.07) is 3.89. The van der Waals surface area contributed by atoms with Crippen LogP contribution >= 0.6 is 0 Å². The third-order valence-corrected chi connectivity index (χ3v) is 8.23. The van der Waals surface area contributed by atoms with E-state index >= 15 is 0 Å². The van der Waals surface area contributed by atoms with Gasteiger partial charge in [-0.1, -0.05) is 0 Å². The van der Waals surface area contributed by atoms with E-state index in [1.54, 1.807) is 4.90 Å². The first-order chi connectivity index (χ1) is 17.8. The Kier molecular flexibility index (Phi) is 8.18. The molecular weight excluding hydrogens is 542 g/mol. The molecule has 0 saturated carbocycles. The van der Waals surface area contributed by atoms with Crippen molar-refractivity contribution >= 4 is 21.6 Å². The number of anilines is 1. The predicted octanol–water partition coefficient (Wildman–Crippen LogP) is 3.53. The third-order valence-electron chi connectivity index (χ3n) is 6.35. The van der Waals surface area contributed by atoms with Crippen LogP contribution in [0.5, 0.6) is 0 Å². The largest absolute Gasteiger partial charge is 0.522 e. The van der Waals surface area contributed by atoms with Gasteiger partial charge in [-0.05, 0) is 43.2 Å². The molecule has 0 unspecified atom stereocenters. The number of amides is 1. The van der Waals surface area contributed by atoms with Crippen LogP contribution in [0.25, 0.3) is 0 Å². The van der Waals surface area contributed by atoms with Gasteiger partial charge in [0.1, 0.15) is 18.0 Å². The number of hydrogen-bond donors (Lipinski definition) is 1. The second-order valence-electron chi connectivity index (χ2n) is 8.97. The lowest BCUT2D eigenvalue weighted by Gasteiger charge is -2.34. The molecule has 2 aliphatic rings. The van der Waals surface area contributed by atoms with E-state index in [1.165, 1.54) is 6.07 Å². The SMILES string of the molecule is O=C(NCc1cc(N2CCC(OC(F)(F)F)CC2)c(F)cn1)[C@@H]1C[C@@H](F)CN1S(=O)(=O)c1ccc(F)cc1.[HH]. The smallest absolute Gasteiger partial charge is 0.369 e. The Balaban J connectivity index is 0.00000420. The van der Waals surface area contributed by atoms with Crippen molar-refractivity contribution in [2.45, 2.75) is 55.4 Å². The highest BCUT2D eigenvalue weighted by Crippen LogP contribution is 2.30. The average molecular weight is 569 g/mol. The van der Waals surface area contributed by atoms with Crippen LogP contribution in [0.15, 0.2) is 41.4 Å². The maximum atomic E-state index is 14.4. The van der Waals surface area contributed by atoms with Gasteiger partial charge in [0, 0.05) is 27.5 Å². The lowest BCUT2D eigenvalue weighted by atomic mass is 10.1. The Morgan fingerprint density at radius 1 is 1.16 bits per heavy atom. The van der Waals surface area contributed by atoms with Crippen LogP contribution in [0.3, 0.4) is 0 Å². The number of pyridine rings is 1. The summed E-state index contributed by atoms with van der Waals surface area (Å²) in [7, 11) is -4.30. The molecule has 2 saturated heterocycles. The normalized spacial score (nSPS) is 21.6. The molecule has 1 amide bonds. The molecule has 2 fully saturated rings. The standard InChI is InChI=1S/C23H24F6N4O4S.H2/c24-14-1-3-18(4-2-14)38(35,36)33-13-15(25)9-21(33)22(34)31-11-16-10-20(19(26)12-30-16)32-7-5-17(6-8-32)37-23(27,28)29;/h1-4,10,12,15,17,21H,5-9,11,13H2,(H,31,34);1H/t15-,21+;/m1./s1. The molecule has 1 aromatic carbocycles. The van der Waals surface area contributed by atoms with Crippen molar-refractivity contribution in [2.24, 2.45) is 0 Å². The Bertz CT molecular complexity index is 1260. The summed E-state index contributed by atoms with van der Waals surface area (Å²) in [6.07, 6.45) is -6.81. The van der Waals surface area contributed by atoms with Gasteiger partial charge < -0.3 is 10.2 Å². The fourth-order valence-electron chi connectivity index (χ4n) is 4.51. The molecule has 2 aromatic rings. The second kappa shape index (κ2) is 11.1. The van der Waals surface area contributed by atoms with E-state index in [9.17, 15) is 39.6 Å². The summed E-state index contributed by atoms with van der Waals surface area (Å²) < 4.78 is 110. The maximum absolute atomic E-state index is 14.4. The summed E-state index contributed by atoms with van der Waals surface area (Å²) in [5, 5.41) is 2.49. The Morgan fingerprint density at radius 2 is 1.82 bits per heavy atom. The van der Waals surface area contributed by atoms with E-state index in [-0.39, 0.29) is 56.6 Å². The van der Waals surface area contributed by atoms with E-state index in [2.05, 4.69) is 15.0 Å². The molecule has 3 heterocycles. The topological polar surface area (TPSA) is 91.8 Å². The summed E-state index contributed by atoms with van der Waals surface area (Å²) in [5.74, 6) is -2.16. The van der Waals surface area contributed by atoms with Gasteiger partial charge in [-0.15, -0.1) is 13.2 Å². The Hall–Kier alpha value is -2.91. The highest BCUT2D eigenvalue weighted by atomic mass is 32.2. The van der Waals surface area contributed by atoms with Crippen molar-refractivity contribution in [1.29, 1.82) is 0 Å². The number of nitrogens with zero attached hydrogens (tertiary/aromatic N) is 3. The van der Waals surface area contributed by atoms with Gasteiger partial charge in [-0.3, -0.25) is 14.5 Å². The highest BCUT2D eigenvalue weighted by molar-refractivity contribution is 7.89.